The molecule has 0 saturated carbocycles. The molecule has 1 aliphatic heterocycles. The van der Waals surface area contributed by atoms with Crippen molar-refractivity contribution < 1.29 is 17.9 Å². The van der Waals surface area contributed by atoms with Crippen LogP contribution in [0.5, 0.6) is 11.5 Å². The maximum absolute atomic E-state index is 13.2. The summed E-state index contributed by atoms with van der Waals surface area (Å²) in [7, 11) is -2.22. The molecule has 1 atom stereocenters. The summed E-state index contributed by atoms with van der Waals surface area (Å²) in [6.07, 6.45) is -0.237. The lowest BCUT2D eigenvalue weighted by molar-refractivity contribution is 0.201. The number of ether oxygens (including phenoxy) is 2. The number of aryl methyl sites for hydroxylation is 1. The van der Waals surface area contributed by atoms with Crippen LogP contribution in [0, 0.1) is 6.92 Å². The molecule has 0 radical (unpaired) electrons. The van der Waals surface area contributed by atoms with Crippen LogP contribution < -0.4 is 9.47 Å². The fourth-order valence-corrected chi connectivity index (χ4v) is 4.59. The summed E-state index contributed by atoms with van der Waals surface area (Å²) in [6.45, 7) is 4.30. The lowest BCUT2D eigenvalue weighted by Gasteiger charge is -2.23. The Kier molecular flexibility index (Phi) is 4.51. The van der Waals surface area contributed by atoms with E-state index in [1.165, 1.54) is 11.4 Å². The van der Waals surface area contributed by atoms with Gasteiger partial charge in [-0.15, -0.1) is 0 Å². The van der Waals surface area contributed by atoms with Crippen molar-refractivity contribution in [2.45, 2.75) is 31.4 Å². The van der Waals surface area contributed by atoms with Crippen LogP contribution >= 0.6 is 0 Å². The minimum atomic E-state index is -3.70. The molecule has 3 rings (SSSR count). The molecule has 2 aromatic carbocycles. The highest BCUT2D eigenvalue weighted by atomic mass is 32.2. The standard InChI is InChI=1S/C18H21NO4S/c1-13-8-9-17(22-3)18(10-13)24(20,21)19-11-14(2)23-16-7-5-4-6-15(16)12-19/h4-10,14H,11-12H2,1-3H3. The molecule has 0 fully saturated rings. The van der Waals surface area contributed by atoms with Gasteiger partial charge in [-0.05, 0) is 37.6 Å². The molecule has 1 heterocycles. The number of para-hydroxylation sites is 1. The predicted octanol–water partition coefficient (Wildman–Crippen LogP) is 2.98. The lowest BCUT2D eigenvalue weighted by Crippen LogP contribution is -2.36. The number of hydrogen-bond acceptors (Lipinski definition) is 4. The Morgan fingerprint density at radius 1 is 1.21 bits per heavy atom. The first-order valence-corrected chi connectivity index (χ1v) is 9.25. The van der Waals surface area contributed by atoms with Crippen molar-refractivity contribution in [2.75, 3.05) is 13.7 Å². The fourth-order valence-electron chi connectivity index (χ4n) is 2.85. The van der Waals surface area contributed by atoms with Crippen LogP contribution in [0.2, 0.25) is 0 Å². The van der Waals surface area contributed by atoms with Crippen molar-refractivity contribution in [1.82, 2.24) is 4.31 Å². The average Bonchev–Trinajstić information content (AvgIpc) is 2.73. The van der Waals surface area contributed by atoms with Gasteiger partial charge in [0.25, 0.3) is 0 Å². The predicted molar refractivity (Wildman–Crippen MR) is 91.9 cm³/mol. The molecule has 1 aliphatic rings. The van der Waals surface area contributed by atoms with E-state index in [1.54, 1.807) is 12.1 Å². The normalized spacial score (nSPS) is 18.4. The minimum absolute atomic E-state index is 0.191. The maximum atomic E-state index is 13.2. The van der Waals surface area contributed by atoms with Crippen LogP contribution in [0.25, 0.3) is 0 Å². The summed E-state index contributed by atoms with van der Waals surface area (Å²) in [4.78, 5) is 0.191. The molecule has 0 aromatic heterocycles. The van der Waals surface area contributed by atoms with Gasteiger partial charge in [0, 0.05) is 12.1 Å². The number of methoxy groups -OCH3 is 1. The number of fused-ring (bicyclic) bond motifs is 1. The van der Waals surface area contributed by atoms with E-state index >= 15 is 0 Å². The average molecular weight is 347 g/mol. The van der Waals surface area contributed by atoms with E-state index in [-0.39, 0.29) is 24.1 Å². The molecule has 128 valence electrons. The number of sulfonamides is 1. The van der Waals surface area contributed by atoms with Gasteiger partial charge >= 0.3 is 0 Å². The van der Waals surface area contributed by atoms with E-state index < -0.39 is 10.0 Å². The molecule has 24 heavy (non-hydrogen) atoms. The highest BCUT2D eigenvalue weighted by molar-refractivity contribution is 7.89. The first-order valence-electron chi connectivity index (χ1n) is 7.81. The molecule has 5 nitrogen and oxygen atoms in total. The third kappa shape index (κ3) is 3.12. The summed E-state index contributed by atoms with van der Waals surface area (Å²) in [5.74, 6) is 1.09. The van der Waals surface area contributed by atoms with Gasteiger partial charge in [-0.1, -0.05) is 24.3 Å². The van der Waals surface area contributed by atoms with Crippen molar-refractivity contribution in [3.8, 4) is 11.5 Å². The van der Waals surface area contributed by atoms with E-state index in [0.717, 1.165) is 16.9 Å². The summed E-state index contributed by atoms with van der Waals surface area (Å²) in [5.41, 5.74) is 1.73. The Labute approximate surface area is 142 Å². The Balaban J connectivity index is 2.05. The quantitative estimate of drug-likeness (QED) is 0.856. The number of hydrogen-bond donors (Lipinski definition) is 0. The zero-order valence-electron chi connectivity index (χ0n) is 14.0. The molecule has 0 spiro atoms. The van der Waals surface area contributed by atoms with Crippen LogP contribution in [0.4, 0.5) is 0 Å². The molecule has 0 saturated heterocycles. The topological polar surface area (TPSA) is 55.8 Å². The smallest absolute Gasteiger partial charge is 0.247 e. The fraction of sp³-hybridized carbons (Fsp3) is 0.333. The van der Waals surface area contributed by atoms with Crippen LogP contribution in [0.1, 0.15) is 18.1 Å². The second kappa shape index (κ2) is 6.45. The zero-order chi connectivity index (χ0) is 17.3. The van der Waals surface area contributed by atoms with E-state index in [9.17, 15) is 8.42 Å². The van der Waals surface area contributed by atoms with Gasteiger partial charge in [-0.25, -0.2) is 8.42 Å². The first-order chi connectivity index (χ1) is 11.4. The Hall–Kier alpha value is -2.05. The highest BCUT2D eigenvalue weighted by Gasteiger charge is 2.32. The number of rotatable bonds is 3. The van der Waals surface area contributed by atoms with Crippen molar-refractivity contribution in [2.24, 2.45) is 0 Å². The SMILES string of the molecule is COc1ccc(C)cc1S(=O)(=O)N1Cc2ccccc2OC(C)C1. The van der Waals surface area contributed by atoms with Gasteiger partial charge in [0.05, 0.1) is 13.7 Å². The van der Waals surface area contributed by atoms with Gasteiger partial charge in [0.1, 0.15) is 22.5 Å². The molecule has 0 bridgehead atoms. The summed E-state index contributed by atoms with van der Waals surface area (Å²) < 4.78 is 39.0. The number of nitrogens with zero attached hydrogens (tertiary/aromatic N) is 1. The number of benzene rings is 2. The molecule has 0 aliphatic carbocycles. The second-order valence-corrected chi connectivity index (χ2v) is 7.89. The van der Waals surface area contributed by atoms with E-state index in [0.29, 0.717) is 5.75 Å². The van der Waals surface area contributed by atoms with Gasteiger partial charge in [0.2, 0.25) is 10.0 Å². The largest absolute Gasteiger partial charge is 0.495 e. The van der Waals surface area contributed by atoms with E-state index in [2.05, 4.69) is 0 Å². The van der Waals surface area contributed by atoms with Gasteiger partial charge < -0.3 is 9.47 Å². The second-order valence-electron chi connectivity index (χ2n) is 5.99. The summed E-state index contributed by atoms with van der Waals surface area (Å²) >= 11 is 0. The zero-order valence-corrected chi connectivity index (χ0v) is 14.8. The van der Waals surface area contributed by atoms with E-state index in [4.69, 9.17) is 9.47 Å². The molecule has 0 N–H and O–H groups in total. The van der Waals surface area contributed by atoms with Crippen LogP contribution in [0.3, 0.4) is 0 Å². The maximum Gasteiger partial charge on any atom is 0.247 e. The molecule has 1 unspecified atom stereocenters. The Morgan fingerprint density at radius 2 is 1.96 bits per heavy atom. The third-order valence-electron chi connectivity index (χ3n) is 4.05. The van der Waals surface area contributed by atoms with Crippen molar-refractivity contribution >= 4 is 10.0 Å². The Morgan fingerprint density at radius 3 is 2.71 bits per heavy atom. The molecule has 2 aromatic rings. The van der Waals surface area contributed by atoms with Crippen molar-refractivity contribution in [3.63, 3.8) is 0 Å². The first kappa shape index (κ1) is 16.8. The highest BCUT2D eigenvalue weighted by Crippen LogP contribution is 2.32. The Bertz CT molecular complexity index is 848. The van der Waals surface area contributed by atoms with Crippen LogP contribution in [-0.2, 0) is 16.6 Å². The third-order valence-corrected chi connectivity index (χ3v) is 5.88. The van der Waals surface area contributed by atoms with E-state index in [1.807, 2.05) is 44.2 Å². The minimum Gasteiger partial charge on any atom is -0.495 e. The molecule has 6 heteroatoms. The molecular formula is C18H21NO4S. The van der Waals surface area contributed by atoms with Gasteiger partial charge in [-0.2, -0.15) is 4.31 Å². The summed E-state index contributed by atoms with van der Waals surface area (Å²) in [6, 6.07) is 12.7. The molecular weight excluding hydrogens is 326 g/mol. The van der Waals surface area contributed by atoms with Crippen molar-refractivity contribution in [1.29, 1.82) is 0 Å². The van der Waals surface area contributed by atoms with Gasteiger partial charge in [-0.3, -0.25) is 0 Å². The summed E-state index contributed by atoms with van der Waals surface area (Å²) in [5, 5.41) is 0. The van der Waals surface area contributed by atoms with Crippen LogP contribution in [-0.4, -0.2) is 32.5 Å². The van der Waals surface area contributed by atoms with Crippen LogP contribution in [0.15, 0.2) is 47.4 Å². The van der Waals surface area contributed by atoms with Gasteiger partial charge in [0.15, 0.2) is 0 Å². The van der Waals surface area contributed by atoms with Crippen molar-refractivity contribution in [3.05, 3.63) is 53.6 Å². The molecule has 0 amide bonds. The monoisotopic (exact) mass is 347 g/mol. The lowest BCUT2D eigenvalue weighted by atomic mass is 10.2.